The molecule has 1 heteroatoms. The van der Waals surface area contributed by atoms with Gasteiger partial charge in [-0.05, 0) is 85.1 Å². The lowest BCUT2D eigenvalue weighted by molar-refractivity contribution is 1.30. The van der Waals surface area contributed by atoms with Gasteiger partial charge in [-0.3, -0.25) is 0 Å². The van der Waals surface area contributed by atoms with Crippen LogP contribution in [0.25, 0.3) is 43.2 Å². The highest BCUT2D eigenvalue weighted by atomic mass is 31.0. The number of hydrogen-bond donors (Lipinski definition) is 0. The monoisotopic (exact) mass is 442 g/mol. The minimum atomic E-state index is 0.782. The quantitative estimate of drug-likeness (QED) is 0.181. The normalized spacial score (nSPS) is 12.5. The molecule has 0 nitrogen and oxygen atoms in total. The number of hydrogen-bond acceptors (Lipinski definition) is 0. The first kappa shape index (κ1) is 21.3. The molecule has 1 heterocycles. The van der Waals surface area contributed by atoms with Gasteiger partial charge in [-0.2, -0.15) is 0 Å². The number of fused-ring (bicyclic) bond motifs is 3. The zero-order chi connectivity index (χ0) is 22.8. The topological polar surface area (TPSA) is 0 Å². The molecule has 4 aromatic carbocycles. The van der Waals surface area contributed by atoms with Gasteiger partial charge < -0.3 is 0 Å². The average molecular weight is 443 g/mol. The number of allylic oxidation sites excluding steroid dienone is 6. The van der Waals surface area contributed by atoms with Crippen molar-refractivity contribution in [2.45, 2.75) is 13.3 Å². The summed E-state index contributed by atoms with van der Waals surface area (Å²) in [5, 5.41) is 8.02. The molecule has 5 aromatic rings. The molecule has 0 spiro atoms. The molecule has 0 bridgehead atoms. The van der Waals surface area contributed by atoms with Crippen LogP contribution in [0.1, 0.15) is 12.5 Å². The second-order valence-electron chi connectivity index (χ2n) is 8.32. The maximum atomic E-state index is 4.17. The molecule has 0 saturated heterocycles. The molecular formula is C32H27P. The summed E-state index contributed by atoms with van der Waals surface area (Å²) in [6, 6.07) is 26.9. The third kappa shape index (κ3) is 3.88. The SMILES string of the molecule is C=CC(=C)C(/C=C\C)=C\Cc1c2ccccc2c(-c2ccc3[pH]ccc3c2)c2ccccc12. The fourth-order valence-corrected chi connectivity index (χ4v) is 5.72. The minimum Gasteiger partial charge on any atom is -0.132 e. The van der Waals surface area contributed by atoms with E-state index in [9.17, 15) is 0 Å². The summed E-state index contributed by atoms with van der Waals surface area (Å²) >= 11 is 0. The molecule has 0 saturated carbocycles. The first-order valence-corrected chi connectivity index (χ1v) is 12.4. The summed E-state index contributed by atoms with van der Waals surface area (Å²) in [6.07, 6.45) is 9.11. The van der Waals surface area contributed by atoms with Gasteiger partial charge in [-0.15, -0.1) is 8.19 Å². The standard InChI is InChI=1S/C32H27P/c1-4-10-23(22(3)5-2)15-17-28-26-11-6-8-13-29(26)32(30-14-9-7-12-27(28)30)25-16-18-31-24(21-25)19-20-33-31/h4-16,18-21,33H,2-3,17H2,1H3/b10-4-,23-15-. The highest BCUT2D eigenvalue weighted by molar-refractivity contribution is 7.36. The molecule has 1 atom stereocenters. The van der Waals surface area contributed by atoms with Crippen LogP contribution < -0.4 is 0 Å². The molecule has 0 amide bonds. The third-order valence-electron chi connectivity index (χ3n) is 6.37. The Morgan fingerprint density at radius 3 is 2.18 bits per heavy atom. The molecule has 0 aliphatic heterocycles. The van der Waals surface area contributed by atoms with Gasteiger partial charge in [-0.1, -0.05) is 104 Å². The van der Waals surface area contributed by atoms with Gasteiger partial charge in [0.2, 0.25) is 0 Å². The zero-order valence-corrected chi connectivity index (χ0v) is 19.9. The van der Waals surface area contributed by atoms with Crippen LogP contribution in [0.3, 0.4) is 0 Å². The van der Waals surface area contributed by atoms with Gasteiger partial charge >= 0.3 is 0 Å². The van der Waals surface area contributed by atoms with Crippen molar-refractivity contribution in [1.29, 1.82) is 0 Å². The van der Waals surface area contributed by atoms with Crippen molar-refractivity contribution in [2.75, 3.05) is 0 Å². The van der Waals surface area contributed by atoms with E-state index in [2.05, 4.69) is 110 Å². The molecule has 0 radical (unpaired) electrons. The van der Waals surface area contributed by atoms with E-state index in [1.165, 1.54) is 48.7 Å². The highest BCUT2D eigenvalue weighted by Crippen LogP contribution is 2.41. The van der Waals surface area contributed by atoms with Crippen LogP contribution >= 0.6 is 8.19 Å². The predicted octanol–water partition coefficient (Wildman–Crippen LogP) is 9.63. The summed E-state index contributed by atoms with van der Waals surface area (Å²) in [5.74, 6) is 2.28. The van der Waals surface area contributed by atoms with E-state index >= 15 is 0 Å². The largest absolute Gasteiger partial charge is 0.132 e. The van der Waals surface area contributed by atoms with E-state index in [4.69, 9.17) is 0 Å². The molecule has 0 N–H and O–H groups in total. The van der Waals surface area contributed by atoms with Crippen molar-refractivity contribution in [3.63, 3.8) is 0 Å². The van der Waals surface area contributed by atoms with Crippen molar-refractivity contribution >= 4 is 40.2 Å². The molecule has 0 fully saturated rings. The van der Waals surface area contributed by atoms with Crippen molar-refractivity contribution in [1.82, 2.24) is 0 Å². The lowest BCUT2D eigenvalue weighted by Crippen LogP contribution is -1.94. The Labute approximate surface area is 197 Å². The summed E-state index contributed by atoms with van der Waals surface area (Å²) < 4.78 is 0. The fraction of sp³-hybridized carbons (Fsp3) is 0.0625. The van der Waals surface area contributed by atoms with Gasteiger partial charge in [0.05, 0.1) is 0 Å². The van der Waals surface area contributed by atoms with Gasteiger partial charge in [0.15, 0.2) is 0 Å². The zero-order valence-electron chi connectivity index (χ0n) is 18.9. The third-order valence-corrected chi connectivity index (χ3v) is 7.47. The Balaban J connectivity index is 1.79. The summed E-state index contributed by atoms with van der Waals surface area (Å²) in [4.78, 5) is 0. The van der Waals surface area contributed by atoms with Gasteiger partial charge in [0.25, 0.3) is 0 Å². The van der Waals surface area contributed by atoms with Crippen LogP contribution in [0, 0.1) is 0 Å². The van der Waals surface area contributed by atoms with Crippen LogP contribution in [-0.4, -0.2) is 0 Å². The summed E-state index contributed by atoms with van der Waals surface area (Å²) in [6.45, 7) is 10.1. The summed E-state index contributed by atoms with van der Waals surface area (Å²) in [7, 11) is 0.782. The van der Waals surface area contributed by atoms with Crippen molar-refractivity contribution < 1.29 is 0 Å². The average Bonchev–Trinajstić information content (AvgIpc) is 3.33. The maximum absolute atomic E-state index is 4.17. The molecule has 1 aromatic heterocycles. The van der Waals surface area contributed by atoms with Crippen LogP contribution in [0.5, 0.6) is 0 Å². The maximum Gasteiger partial charge on any atom is -0.00179 e. The Morgan fingerprint density at radius 2 is 1.55 bits per heavy atom. The highest BCUT2D eigenvalue weighted by Gasteiger charge is 2.15. The summed E-state index contributed by atoms with van der Waals surface area (Å²) in [5.41, 5.74) is 6.03. The Kier molecular flexibility index (Phi) is 5.86. The van der Waals surface area contributed by atoms with Crippen molar-refractivity contribution in [3.05, 3.63) is 133 Å². The molecule has 0 aliphatic carbocycles. The molecule has 0 aliphatic rings. The number of rotatable bonds is 6. The Bertz CT molecular complexity index is 1520. The molecule has 160 valence electrons. The second-order valence-corrected chi connectivity index (χ2v) is 9.48. The van der Waals surface area contributed by atoms with E-state index in [1.54, 1.807) is 0 Å². The van der Waals surface area contributed by atoms with E-state index in [-0.39, 0.29) is 0 Å². The van der Waals surface area contributed by atoms with Gasteiger partial charge in [0, 0.05) is 0 Å². The van der Waals surface area contributed by atoms with Crippen LogP contribution in [-0.2, 0) is 6.42 Å². The molecule has 5 rings (SSSR count). The van der Waals surface area contributed by atoms with Crippen LogP contribution in [0.15, 0.2) is 127 Å². The van der Waals surface area contributed by atoms with Gasteiger partial charge in [-0.25, -0.2) is 0 Å². The fourth-order valence-electron chi connectivity index (χ4n) is 4.77. The van der Waals surface area contributed by atoms with Crippen molar-refractivity contribution in [3.8, 4) is 11.1 Å². The molecular weight excluding hydrogens is 415 g/mol. The smallest absolute Gasteiger partial charge is 0.00179 e. The van der Waals surface area contributed by atoms with E-state index in [0.29, 0.717) is 0 Å². The molecule has 33 heavy (non-hydrogen) atoms. The Hall–Kier alpha value is -3.60. The first-order chi connectivity index (χ1) is 16.2. The van der Waals surface area contributed by atoms with E-state index in [1.807, 2.05) is 13.0 Å². The minimum absolute atomic E-state index is 0.782. The number of benzene rings is 4. The second kappa shape index (κ2) is 9.10. The first-order valence-electron chi connectivity index (χ1n) is 11.4. The Morgan fingerprint density at radius 1 is 0.879 bits per heavy atom. The lowest BCUT2D eigenvalue weighted by Gasteiger charge is -2.17. The van der Waals surface area contributed by atoms with E-state index < -0.39 is 0 Å². The van der Waals surface area contributed by atoms with Crippen molar-refractivity contribution in [2.24, 2.45) is 0 Å². The molecule has 1 unspecified atom stereocenters. The van der Waals surface area contributed by atoms with Crippen LogP contribution in [0.4, 0.5) is 0 Å². The van der Waals surface area contributed by atoms with Crippen LogP contribution in [0.2, 0.25) is 0 Å². The van der Waals surface area contributed by atoms with E-state index in [0.717, 1.165) is 25.8 Å². The lowest BCUT2D eigenvalue weighted by atomic mass is 9.87. The predicted molar refractivity (Wildman–Crippen MR) is 150 cm³/mol. The van der Waals surface area contributed by atoms with Gasteiger partial charge in [0.1, 0.15) is 0 Å².